The molecule has 2 rings (SSSR count). The molecule has 1 aromatic carbocycles. The van der Waals surface area contributed by atoms with E-state index in [1.54, 1.807) is 13.0 Å². The molecule has 0 aromatic heterocycles. The van der Waals surface area contributed by atoms with E-state index in [0.717, 1.165) is 18.4 Å². The number of urea groups is 1. The summed E-state index contributed by atoms with van der Waals surface area (Å²) in [6.07, 6.45) is 2.72. The fraction of sp³-hybridized carbons (Fsp3) is 0.500. The molecule has 1 aliphatic rings. The highest BCUT2D eigenvalue weighted by atomic mass is 16.3. The van der Waals surface area contributed by atoms with Crippen molar-refractivity contribution in [2.45, 2.75) is 44.8 Å². The van der Waals surface area contributed by atoms with Gasteiger partial charge < -0.3 is 15.7 Å². The van der Waals surface area contributed by atoms with Gasteiger partial charge in [-0.15, -0.1) is 0 Å². The Balaban J connectivity index is 1.96. The number of carbonyl (C=O) groups excluding carboxylic acids is 1. The smallest absolute Gasteiger partial charge is 0.319 e. The van der Waals surface area contributed by atoms with Crippen LogP contribution in [-0.2, 0) is 0 Å². The monoisotopic (exact) mass is 248 g/mol. The Labute approximate surface area is 107 Å². The van der Waals surface area contributed by atoms with E-state index in [1.165, 1.54) is 6.42 Å². The lowest BCUT2D eigenvalue weighted by Crippen LogP contribution is -2.52. The summed E-state index contributed by atoms with van der Waals surface area (Å²) in [6, 6.07) is 7.07. The van der Waals surface area contributed by atoms with Crippen molar-refractivity contribution >= 4 is 11.7 Å². The zero-order valence-corrected chi connectivity index (χ0v) is 10.9. The number of hydrogen-bond donors (Lipinski definition) is 3. The molecule has 3 N–H and O–H groups in total. The van der Waals surface area contributed by atoms with Gasteiger partial charge in [-0.25, -0.2) is 4.79 Å². The minimum Gasteiger partial charge on any atom is -0.389 e. The summed E-state index contributed by atoms with van der Waals surface area (Å²) in [5, 5.41) is 15.3. The summed E-state index contributed by atoms with van der Waals surface area (Å²) in [4.78, 5) is 11.8. The van der Waals surface area contributed by atoms with Gasteiger partial charge in [-0.2, -0.15) is 0 Å². The summed E-state index contributed by atoms with van der Waals surface area (Å²) in [5.41, 5.74) is 1.45. The van der Waals surface area contributed by atoms with Gasteiger partial charge >= 0.3 is 6.03 Å². The van der Waals surface area contributed by atoms with Gasteiger partial charge in [0.2, 0.25) is 0 Å². The Bertz CT molecular complexity index is 439. The predicted molar refractivity (Wildman–Crippen MR) is 71.5 cm³/mol. The minimum absolute atomic E-state index is 0.0496. The van der Waals surface area contributed by atoms with Gasteiger partial charge in [-0.05, 0) is 50.8 Å². The van der Waals surface area contributed by atoms with Gasteiger partial charge in [0.05, 0.1) is 6.10 Å². The standard InChI is InChI=1S/C14H20N2O2/c1-10(17)11-5-3-6-12(9-11)15-13(18)16-14(2)7-4-8-14/h3,5-6,9-10,17H,4,7-8H2,1-2H3,(H2,15,16,18). The number of anilines is 1. The van der Waals surface area contributed by atoms with E-state index in [1.807, 2.05) is 18.2 Å². The first kappa shape index (κ1) is 12.9. The van der Waals surface area contributed by atoms with Crippen molar-refractivity contribution in [3.63, 3.8) is 0 Å². The number of aliphatic hydroxyl groups is 1. The van der Waals surface area contributed by atoms with E-state index in [4.69, 9.17) is 0 Å². The van der Waals surface area contributed by atoms with Crippen molar-refractivity contribution in [3.05, 3.63) is 29.8 Å². The van der Waals surface area contributed by atoms with Crippen molar-refractivity contribution in [2.24, 2.45) is 0 Å². The second kappa shape index (κ2) is 4.98. The highest BCUT2D eigenvalue weighted by molar-refractivity contribution is 5.89. The van der Waals surface area contributed by atoms with Gasteiger partial charge in [-0.3, -0.25) is 0 Å². The topological polar surface area (TPSA) is 61.4 Å². The summed E-state index contributed by atoms with van der Waals surface area (Å²) < 4.78 is 0. The number of amides is 2. The molecule has 2 amide bonds. The summed E-state index contributed by atoms with van der Waals surface area (Å²) >= 11 is 0. The molecule has 1 saturated carbocycles. The third-order valence-electron chi connectivity index (χ3n) is 3.50. The van der Waals surface area contributed by atoms with Crippen LogP contribution in [0.4, 0.5) is 10.5 Å². The normalized spacial score (nSPS) is 18.6. The summed E-state index contributed by atoms with van der Waals surface area (Å²) in [5.74, 6) is 0. The number of benzene rings is 1. The van der Waals surface area contributed by atoms with Crippen LogP contribution in [-0.4, -0.2) is 16.7 Å². The minimum atomic E-state index is -0.529. The molecule has 98 valence electrons. The van der Waals surface area contributed by atoms with Gasteiger partial charge in [0.1, 0.15) is 0 Å². The molecule has 0 radical (unpaired) electrons. The molecule has 4 heteroatoms. The first-order chi connectivity index (χ1) is 8.48. The van der Waals surface area contributed by atoms with Crippen LogP contribution in [0.2, 0.25) is 0 Å². The third-order valence-corrected chi connectivity index (χ3v) is 3.50. The van der Waals surface area contributed by atoms with Crippen LogP contribution < -0.4 is 10.6 Å². The molecular formula is C14H20N2O2. The lowest BCUT2D eigenvalue weighted by Gasteiger charge is -2.39. The van der Waals surface area contributed by atoms with Crippen molar-refractivity contribution in [2.75, 3.05) is 5.32 Å². The fourth-order valence-corrected chi connectivity index (χ4v) is 2.14. The van der Waals surface area contributed by atoms with E-state index in [2.05, 4.69) is 17.6 Å². The first-order valence-electron chi connectivity index (χ1n) is 6.36. The van der Waals surface area contributed by atoms with Crippen LogP contribution in [0.25, 0.3) is 0 Å². The number of aliphatic hydroxyl groups excluding tert-OH is 1. The van der Waals surface area contributed by atoms with E-state index in [-0.39, 0.29) is 11.6 Å². The van der Waals surface area contributed by atoms with Crippen molar-refractivity contribution < 1.29 is 9.90 Å². The number of nitrogens with one attached hydrogen (secondary N) is 2. The van der Waals surface area contributed by atoms with Gasteiger partial charge in [-0.1, -0.05) is 12.1 Å². The van der Waals surface area contributed by atoms with Crippen molar-refractivity contribution in [3.8, 4) is 0 Å². The highest BCUT2D eigenvalue weighted by Gasteiger charge is 2.33. The first-order valence-corrected chi connectivity index (χ1v) is 6.36. The Hall–Kier alpha value is -1.55. The van der Waals surface area contributed by atoms with E-state index < -0.39 is 6.10 Å². The van der Waals surface area contributed by atoms with Gasteiger partial charge in [0, 0.05) is 11.2 Å². The second-order valence-electron chi connectivity index (χ2n) is 5.29. The molecule has 0 aliphatic heterocycles. The molecule has 0 heterocycles. The zero-order valence-electron chi connectivity index (χ0n) is 10.9. The average molecular weight is 248 g/mol. The quantitative estimate of drug-likeness (QED) is 0.770. The molecule has 1 aliphatic carbocycles. The summed E-state index contributed by atoms with van der Waals surface area (Å²) in [6.45, 7) is 3.76. The van der Waals surface area contributed by atoms with Crippen molar-refractivity contribution in [1.29, 1.82) is 0 Å². The molecular weight excluding hydrogens is 228 g/mol. The van der Waals surface area contributed by atoms with E-state index >= 15 is 0 Å². The lowest BCUT2D eigenvalue weighted by molar-refractivity contribution is 0.198. The zero-order chi connectivity index (χ0) is 13.2. The van der Waals surface area contributed by atoms with Crippen molar-refractivity contribution in [1.82, 2.24) is 5.32 Å². The SMILES string of the molecule is CC(O)c1cccc(NC(=O)NC2(C)CCC2)c1. The molecule has 1 unspecified atom stereocenters. The van der Waals surface area contributed by atoms with Crippen LogP contribution >= 0.6 is 0 Å². The lowest BCUT2D eigenvalue weighted by atomic mass is 9.79. The maximum Gasteiger partial charge on any atom is 0.319 e. The predicted octanol–water partition coefficient (Wildman–Crippen LogP) is 2.80. The van der Waals surface area contributed by atoms with Crippen LogP contribution in [0.3, 0.4) is 0 Å². The number of carbonyl (C=O) groups is 1. The Morgan fingerprint density at radius 2 is 2.17 bits per heavy atom. The van der Waals surface area contributed by atoms with Gasteiger partial charge in [0.15, 0.2) is 0 Å². The van der Waals surface area contributed by atoms with Crippen LogP contribution in [0.5, 0.6) is 0 Å². The Morgan fingerprint density at radius 1 is 1.44 bits per heavy atom. The largest absolute Gasteiger partial charge is 0.389 e. The molecule has 1 atom stereocenters. The van der Waals surface area contributed by atoms with Crippen LogP contribution in [0, 0.1) is 0 Å². The van der Waals surface area contributed by atoms with E-state index in [9.17, 15) is 9.90 Å². The molecule has 18 heavy (non-hydrogen) atoms. The van der Waals surface area contributed by atoms with Crippen LogP contribution in [0.15, 0.2) is 24.3 Å². The molecule has 0 spiro atoms. The van der Waals surface area contributed by atoms with Crippen LogP contribution in [0.1, 0.15) is 44.8 Å². The maximum absolute atomic E-state index is 11.8. The Morgan fingerprint density at radius 3 is 2.72 bits per heavy atom. The molecule has 0 saturated heterocycles. The number of hydrogen-bond acceptors (Lipinski definition) is 2. The fourth-order valence-electron chi connectivity index (χ4n) is 2.14. The molecule has 1 fully saturated rings. The molecule has 0 bridgehead atoms. The van der Waals surface area contributed by atoms with Gasteiger partial charge in [0.25, 0.3) is 0 Å². The molecule has 1 aromatic rings. The second-order valence-corrected chi connectivity index (χ2v) is 5.29. The average Bonchev–Trinajstić information content (AvgIpc) is 2.27. The Kier molecular flexibility index (Phi) is 3.57. The third kappa shape index (κ3) is 3.01. The summed E-state index contributed by atoms with van der Waals surface area (Å²) in [7, 11) is 0. The highest BCUT2D eigenvalue weighted by Crippen LogP contribution is 2.30. The molecule has 4 nitrogen and oxygen atoms in total. The maximum atomic E-state index is 11.8. The van der Waals surface area contributed by atoms with E-state index in [0.29, 0.717) is 5.69 Å². The number of rotatable bonds is 3.